The second-order valence-electron chi connectivity index (χ2n) is 5.13. The molecule has 25 heavy (non-hydrogen) atoms. The molecule has 0 aliphatic carbocycles. The van der Waals surface area contributed by atoms with Crippen LogP contribution in [0.5, 0.6) is 0 Å². The number of carbonyl (C=O) groups excluding carboxylic acids is 3. The molecule has 7 nitrogen and oxygen atoms in total. The van der Waals surface area contributed by atoms with Gasteiger partial charge in [0.25, 0.3) is 11.8 Å². The Morgan fingerprint density at radius 2 is 2.08 bits per heavy atom. The van der Waals surface area contributed by atoms with Gasteiger partial charge in [-0.2, -0.15) is 0 Å². The first-order chi connectivity index (χ1) is 12.0. The van der Waals surface area contributed by atoms with Gasteiger partial charge in [-0.05, 0) is 36.8 Å². The minimum atomic E-state index is -0.665. The number of amides is 2. The SMILES string of the molecule is C=CCNC(=O)COC(=O)c1ccc(C)c(NC(=O)c2ccco2)c1. The molecule has 1 aromatic carbocycles. The lowest BCUT2D eigenvalue weighted by Crippen LogP contribution is -2.28. The van der Waals surface area contributed by atoms with Gasteiger partial charge in [-0.15, -0.1) is 6.58 Å². The third-order valence-corrected chi connectivity index (χ3v) is 3.24. The lowest BCUT2D eigenvalue weighted by Gasteiger charge is -2.10. The summed E-state index contributed by atoms with van der Waals surface area (Å²) in [5.41, 5.74) is 1.43. The minimum Gasteiger partial charge on any atom is -0.459 e. The van der Waals surface area contributed by atoms with Crippen LogP contribution in [0, 0.1) is 6.92 Å². The Hall–Kier alpha value is -3.35. The molecular formula is C18H18N2O5. The molecule has 0 spiro atoms. The lowest BCUT2D eigenvalue weighted by molar-refractivity contribution is -0.124. The van der Waals surface area contributed by atoms with E-state index in [-0.39, 0.29) is 11.3 Å². The van der Waals surface area contributed by atoms with Gasteiger partial charge >= 0.3 is 5.97 Å². The number of benzene rings is 1. The van der Waals surface area contributed by atoms with E-state index in [4.69, 9.17) is 9.15 Å². The molecule has 0 bridgehead atoms. The van der Waals surface area contributed by atoms with Gasteiger partial charge in [-0.1, -0.05) is 12.1 Å². The fraction of sp³-hybridized carbons (Fsp3) is 0.167. The molecule has 2 aromatic rings. The number of carbonyl (C=O) groups is 3. The van der Waals surface area contributed by atoms with Crippen LogP contribution >= 0.6 is 0 Å². The largest absolute Gasteiger partial charge is 0.459 e. The van der Waals surface area contributed by atoms with Crippen LogP contribution < -0.4 is 10.6 Å². The van der Waals surface area contributed by atoms with Gasteiger partial charge in [0.2, 0.25) is 0 Å². The first-order valence-electron chi connectivity index (χ1n) is 7.51. The fourth-order valence-corrected chi connectivity index (χ4v) is 1.93. The summed E-state index contributed by atoms with van der Waals surface area (Å²) in [6.07, 6.45) is 2.92. The predicted octanol–water partition coefficient (Wildman–Crippen LogP) is 2.30. The minimum absolute atomic E-state index is 0.159. The zero-order valence-corrected chi connectivity index (χ0v) is 13.7. The van der Waals surface area contributed by atoms with E-state index in [1.54, 1.807) is 25.1 Å². The van der Waals surface area contributed by atoms with Crippen LogP contribution in [0.4, 0.5) is 5.69 Å². The van der Waals surface area contributed by atoms with Crippen LogP contribution in [0.15, 0.2) is 53.7 Å². The van der Waals surface area contributed by atoms with E-state index in [1.807, 2.05) is 0 Å². The summed E-state index contributed by atoms with van der Waals surface area (Å²) in [7, 11) is 0. The molecule has 7 heteroatoms. The highest BCUT2D eigenvalue weighted by atomic mass is 16.5. The van der Waals surface area contributed by atoms with Gasteiger partial charge in [0.15, 0.2) is 12.4 Å². The zero-order valence-electron chi connectivity index (χ0n) is 13.7. The third kappa shape index (κ3) is 5.07. The van der Waals surface area contributed by atoms with Crippen LogP contribution in [0.1, 0.15) is 26.5 Å². The average Bonchev–Trinajstić information content (AvgIpc) is 3.14. The first-order valence-corrected chi connectivity index (χ1v) is 7.51. The average molecular weight is 342 g/mol. The number of ether oxygens (including phenoxy) is 1. The van der Waals surface area contributed by atoms with Gasteiger partial charge in [0.05, 0.1) is 11.8 Å². The summed E-state index contributed by atoms with van der Waals surface area (Å²) in [4.78, 5) is 35.5. The molecule has 0 saturated carbocycles. The molecule has 0 aliphatic heterocycles. The molecule has 1 heterocycles. The number of anilines is 1. The van der Waals surface area contributed by atoms with Crippen LogP contribution in [0.25, 0.3) is 0 Å². The zero-order chi connectivity index (χ0) is 18.2. The second kappa shape index (κ2) is 8.49. The fourth-order valence-electron chi connectivity index (χ4n) is 1.93. The summed E-state index contributed by atoms with van der Waals surface area (Å²) < 4.78 is 9.97. The van der Waals surface area contributed by atoms with Crippen molar-refractivity contribution in [2.45, 2.75) is 6.92 Å². The number of nitrogens with one attached hydrogen (secondary N) is 2. The topological polar surface area (TPSA) is 97.6 Å². The maximum Gasteiger partial charge on any atom is 0.338 e. The monoisotopic (exact) mass is 342 g/mol. The second-order valence-corrected chi connectivity index (χ2v) is 5.13. The lowest BCUT2D eigenvalue weighted by atomic mass is 10.1. The Labute approximate surface area is 144 Å². The van der Waals surface area contributed by atoms with Crippen molar-refractivity contribution in [2.75, 3.05) is 18.5 Å². The van der Waals surface area contributed by atoms with E-state index < -0.39 is 24.4 Å². The Kier molecular flexibility index (Phi) is 6.11. The molecule has 0 radical (unpaired) electrons. The molecule has 2 amide bonds. The van der Waals surface area contributed by atoms with Gasteiger partial charge in [0.1, 0.15) is 0 Å². The maximum absolute atomic E-state index is 12.0. The van der Waals surface area contributed by atoms with Crippen molar-refractivity contribution in [2.24, 2.45) is 0 Å². The highest BCUT2D eigenvalue weighted by Crippen LogP contribution is 2.19. The summed E-state index contributed by atoms with van der Waals surface area (Å²) in [6.45, 7) is 5.16. The van der Waals surface area contributed by atoms with Gasteiger partial charge in [0, 0.05) is 12.2 Å². The number of hydrogen-bond acceptors (Lipinski definition) is 5. The molecule has 0 saturated heterocycles. The highest BCUT2D eigenvalue weighted by Gasteiger charge is 2.14. The van der Waals surface area contributed by atoms with Crippen molar-refractivity contribution in [3.63, 3.8) is 0 Å². The van der Waals surface area contributed by atoms with E-state index in [9.17, 15) is 14.4 Å². The number of esters is 1. The molecule has 130 valence electrons. The molecule has 1 aromatic heterocycles. The van der Waals surface area contributed by atoms with Crippen molar-refractivity contribution in [3.05, 3.63) is 66.1 Å². The Bertz CT molecular complexity index is 781. The molecule has 0 fully saturated rings. The van der Waals surface area contributed by atoms with Gasteiger partial charge in [-0.3, -0.25) is 9.59 Å². The third-order valence-electron chi connectivity index (χ3n) is 3.24. The predicted molar refractivity (Wildman–Crippen MR) is 91.3 cm³/mol. The summed E-state index contributed by atoms with van der Waals surface area (Å²) in [5, 5.41) is 5.17. The van der Waals surface area contributed by atoms with Crippen LogP contribution in [-0.2, 0) is 9.53 Å². The standard InChI is InChI=1S/C18H18N2O5/c1-3-8-19-16(21)11-25-18(23)13-7-6-12(2)14(10-13)20-17(22)15-5-4-9-24-15/h3-7,9-10H,1,8,11H2,2H3,(H,19,21)(H,20,22). The normalized spacial score (nSPS) is 9.96. The van der Waals surface area contributed by atoms with Crippen LogP contribution in [0.3, 0.4) is 0 Å². The van der Waals surface area contributed by atoms with Crippen LogP contribution in [0.2, 0.25) is 0 Å². The summed E-state index contributed by atoms with van der Waals surface area (Å²) in [5.74, 6) is -1.36. The maximum atomic E-state index is 12.0. The molecule has 0 atom stereocenters. The highest BCUT2D eigenvalue weighted by molar-refractivity contribution is 6.03. The van der Waals surface area contributed by atoms with E-state index in [0.717, 1.165) is 5.56 Å². The van der Waals surface area contributed by atoms with E-state index in [0.29, 0.717) is 12.2 Å². The van der Waals surface area contributed by atoms with Crippen LogP contribution in [-0.4, -0.2) is 30.9 Å². The van der Waals surface area contributed by atoms with E-state index in [1.165, 1.54) is 24.5 Å². The number of furan rings is 1. The smallest absolute Gasteiger partial charge is 0.338 e. The molecular weight excluding hydrogens is 324 g/mol. The number of hydrogen-bond donors (Lipinski definition) is 2. The van der Waals surface area contributed by atoms with Crippen molar-refractivity contribution >= 4 is 23.5 Å². The van der Waals surface area contributed by atoms with E-state index >= 15 is 0 Å². The van der Waals surface area contributed by atoms with Gasteiger partial charge < -0.3 is 19.8 Å². The summed E-state index contributed by atoms with van der Waals surface area (Å²) in [6, 6.07) is 7.85. The van der Waals surface area contributed by atoms with Crippen molar-refractivity contribution in [1.29, 1.82) is 0 Å². The van der Waals surface area contributed by atoms with Gasteiger partial charge in [-0.25, -0.2) is 4.79 Å². The molecule has 0 unspecified atom stereocenters. The van der Waals surface area contributed by atoms with Crippen molar-refractivity contribution in [3.8, 4) is 0 Å². The first kappa shape index (κ1) is 18.0. The Balaban J connectivity index is 2.02. The quantitative estimate of drug-likeness (QED) is 0.594. The number of rotatable bonds is 7. The molecule has 2 N–H and O–H groups in total. The number of aryl methyl sites for hydroxylation is 1. The van der Waals surface area contributed by atoms with Crippen molar-refractivity contribution in [1.82, 2.24) is 5.32 Å². The molecule has 0 aliphatic rings. The van der Waals surface area contributed by atoms with E-state index in [2.05, 4.69) is 17.2 Å². The Morgan fingerprint density at radius 1 is 1.28 bits per heavy atom. The van der Waals surface area contributed by atoms with Crippen molar-refractivity contribution < 1.29 is 23.5 Å². The Morgan fingerprint density at radius 3 is 2.76 bits per heavy atom. The molecule has 2 rings (SSSR count). The summed E-state index contributed by atoms with van der Waals surface area (Å²) >= 11 is 0.